The van der Waals surface area contributed by atoms with Crippen molar-refractivity contribution in [3.63, 3.8) is 0 Å². The van der Waals surface area contributed by atoms with Crippen molar-refractivity contribution in [2.24, 2.45) is 0 Å². The molecule has 2 fully saturated rings. The summed E-state index contributed by atoms with van der Waals surface area (Å²) in [6.45, 7) is 3.79. The van der Waals surface area contributed by atoms with Crippen molar-refractivity contribution in [2.75, 3.05) is 22.9 Å². The van der Waals surface area contributed by atoms with E-state index in [4.69, 9.17) is 16.6 Å². The van der Waals surface area contributed by atoms with Crippen molar-refractivity contribution in [1.82, 2.24) is 5.32 Å². The molecule has 2 amide bonds. The SMILES string of the molecule is Cc1cc(Br)ccc1N1C(=O)C(=Cc2ccc(N3CCCCC3)o2)C(=O)NC1=S. The Kier molecular flexibility index (Phi) is 5.56. The first-order valence-electron chi connectivity index (χ1n) is 9.46. The topological polar surface area (TPSA) is 65.8 Å². The molecule has 3 heterocycles. The van der Waals surface area contributed by atoms with E-state index >= 15 is 0 Å². The lowest BCUT2D eigenvalue weighted by Crippen LogP contribution is -2.54. The van der Waals surface area contributed by atoms with E-state index in [0.29, 0.717) is 11.4 Å². The lowest BCUT2D eigenvalue weighted by molar-refractivity contribution is -0.122. The molecule has 150 valence electrons. The Morgan fingerprint density at radius 1 is 1.14 bits per heavy atom. The summed E-state index contributed by atoms with van der Waals surface area (Å²) >= 11 is 8.68. The van der Waals surface area contributed by atoms with Gasteiger partial charge in [0.25, 0.3) is 11.8 Å². The highest BCUT2D eigenvalue weighted by molar-refractivity contribution is 9.10. The summed E-state index contributed by atoms with van der Waals surface area (Å²) in [5.74, 6) is 0.225. The molecule has 0 unspecified atom stereocenters. The minimum absolute atomic E-state index is 0.0135. The first kappa shape index (κ1) is 19.8. The highest BCUT2D eigenvalue weighted by Crippen LogP contribution is 2.29. The summed E-state index contributed by atoms with van der Waals surface area (Å²) in [7, 11) is 0. The number of carbonyl (C=O) groups is 2. The molecule has 6 nitrogen and oxygen atoms in total. The third-order valence-corrected chi connectivity index (χ3v) is 5.85. The molecule has 1 aromatic carbocycles. The number of thiocarbonyl (C=S) groups is 1. The minimum atomic E-state index is -0.526. The molecular formula is C21H20BrN3O3S. The summed E-state index contributed by atoms with van der Waals surface area (Å²) < 4.78 is 6.79. The number of hydrogen-bond acceptors (Lipinski definition) is 5. The van der Waals surface area contributed by atoms with Gasteiger partial charge in [-0.3, -0.25) is 19.8 Å². The molecule has 1 N–H and O–H groups in total. The normalized spacial score (nSPS) is 19.1. The molecule has 0 atom stereocenters. The van der Waals surface area contributed by atoms with Crippen LogP contribution < -0.4 is 15.1 Å². The van der Waals surface area contributed by atoms with Gasteiger partial charge in [0, 0.05) is 23.6 Å². The van der Waals surface area contributed by atoms with Crippen LogP contribution in [0.1, 0.15) is 30.6 Å². The summed E-state index contributed by atoms with van der Waals surface area (Å²) in [4.78, 5) is 29.1. The summed E-state index contributed by atoms with van der Waals surface area (Å²) in [5, 5.41) is 2.67. The third-order valence-electron chi connectivity index (χ3n) is 5.07. The van der Waals surface area contributed by atoms with Crippen LogP contribution in [-0.4, -0.2) is 30.0 Å². The number of hydrogen-bond donors (Lipinski definition) is 1. The lowest BCUT2D eigenvalue weighted by Gasteiger charge is -2.30. The van der Waals surface area contributed by atoms with E-state index in [1.807, 2.05) is 25.1 Å². The van der Waals surface area contributed by atoms with Gasteiger partial charge >= 0.3 is 0 Å². The van der Waals surface area contributed by atoms with Crippen molar-refractivity contribution < 1.29 is 14.0 Å². The van der Waals surface area contributed by atoms with Crippen molar-refractivity contribution in [1.29, 1.82) is 0 Å². The van der Waals surface area contributed by atoms with Gasteiger partial charge in [-0.15, -0.1) is 0 Å². The zero-order chi connectivity index (χ0) is 20.5. The molecule has 0 spiro atoms. The number of rotatable bonds is 3. The largest absolute Gasteiger partial charge is 0.441 e. The van der Waals surface area contributed by atoms with Gasteiger partial charge in [-0.1, -0.05) is 15.9 Å². The highest BCUT2D eigenvalue weighted by Gasteiger charge is 2.35. The van der Waals surface area contributed by atoms with E-state index in [1.54, 1.807) is 12.1 Å². The number of anilines is 2. The number of halogens is 1. The van der Waals surface area contributed by atoms with E-state index in [1.165, 1.54) is 17.4 Å². The number of nitrogens with zero attached hydrogens (tertiary/aromatic N) is 2. The predicted octanol–water partition coefficient (Wildman–Crippen LogP) is 4.17. The Morgan fingerprint density at radius 3 is 2.62 bits per heavy atom. The van der Waals surface area contributed by atoms with Crippen LogP contribution >= 0.6 is 28.1 Å². The first-order valence-corrected chi connectivity index (χ1v) is 10.7. The predicted molar refractivity (Wildman–Crippen MR) is 120 cm³/mol. The van der Waals surface area contributed by atoms with Crippen molar-refractivity contribution in [2.45, 2.75) is 26.2 Å². The van der Waals surface area contributed by atoms with Gasteiger partial charge < -0.3 is 9.32 Å². The van der Waals surface area contributed by atoms with Crippen LogP contribution in [-0.2, 0) is 9.59 Å². The molecule has 2 aromatic rings. The second-order valence-electron chi connectivity index (χ2n) is 7.11. The Balaban J connectivity index is 1.64. The Morgan fingerprint density at radius 2 is 1.90 bits per heavy atom. The average molecular weight is 474 g/mol. The molecule has 0 bridgehead atoms. The maximum absolute atomic E-state index is 13.1. The van der Waals surface area contributed by atoms with Gasteiger partial charge in [-0.2, -0.15) is 0 Å². The molecule has 2 aliphatic heterocycles. The Bertz CT molecular complexity index is 1020. The molecule has 1 aromatic heterocycles. The molecule has 2 saturated heterocycles. The molecule has 4 rings (SSSR count). The molecule has 0 aliphatic carbocycles. The minimum Gasteiger partial charge on any atom is -0.441 e. The number of carbonyl (C=O) groups excluding carboxylic acids is 2. The Labute approximate surface area is 182 Å². The molecule has 8 heteroatoms. The molecule has 29 heavy (non-hydrogen) atoms. The van der Waals surface area contributed by atoms with Crippen LogP contribution in [0.3, 0.4) is 0 Å². The lowest BCUT2D eigenvalue weighted by atomic mass is 10.1. The second kappa shape index (κ2) is 8.12. The van der Waals surface area contributed by atoms with Gasteiger partial charge in [0.1, 0.15) is 11.3 Å². The number of furan rings is 1. The van der Waals surface area contributed by atoms with Crippen molar-refractivity contribution >= 4 is 62.7 Å². The number of amides is 2. The van der Waals surface area contributed by atoms with E-state index in [0.717, 1.165) is 41.9 Å². The summed E-state index contributed by atoms with van der Waals surface area (Å²) in [6, 6.07) is 9.17. The maximum Gasteiger partial charge on any atom is 0.270 e. The number of aryl methyl sites for hydroxylation is 1. The number of piperidine rings is 1. The molecule has 2 aliphatic rings. The average Bonchev–Trinajstić information content (AvgIpc) is 3.16. The molecular weight excluding hydrogens is 454 g/mol. The van der Waals surface area contributed by atoms with E-state index in [9.17, 15) is 9.59 Å². The van der Waals surface area contributed by atoms with Gasteiger partial charge in [0.15, 0.2) is 11.0 Å². The molecule has 0 saturated carbocycles. The van der Waals surface area contributed by atoms with Gasteiger partial charge in [0.2, 0.25) is 0 Å². The first-order chi connectivity index (χ1) is 13.9. The summed E-state index contributed by atoms with van der Waals surface area (Å²) in [5.41, 5.74) is 1.47. The van der Waals surface area contributed by atoms with Crippen LogP contribution in [0.2, 0.25) is 0 Å². The van der Waals surface area contributed by atoms with Gasteiger partial charge in [0.05, 0.1) is 5.69 Å². The number of nitrogens with one attached hydrogen (secondary N) is 1. The van der Waals surface area contributed by atoms with Crippen LogP contribution in [0, 0.1) is 6.92 Å². The van der Waals surface area contributed by atoms with E-state index in [-0.39, 0.29) is 10.7 Å². The second-order valence-corrected chi connectivity index (χ2v) is 8.41. The zero-order valence-corrected chi connectivity index (χ0v) is 18.3. The van der Waals surface area contributed by atoms with Crippen LogP contribution in [0.4, 0.5) is 11.6 Å². The fourth-order valence-electron chi connectivity index (χ4n) is 3.59. The fourth-order valence-corrected chi connectivity index (χ4v) is 4.34. The van der Waals surface area contributed by atoms with Gasteiger partial charge in [-0.25, -0.2) is 0 Å². The highest BCUT2D eigenvalue weighted by atomic mass is 79.9. The maximum atomic E-state index is 13.1. The molecule has 0 radical (unpaired) electrons. The third kappa shape index (κ3) is 4.00. The quantitative estimate of drug-likeness (QED) is 0.411. The van der Waals surface area contributed by atoms with Crippen molar-refractivity contribution in [3.8, 4) is 0 Å². The monoisotopic (exact) mass is 473 g/mol. The van der Waals surface area contributed by atoms with Crippen LogP contribution in [0.5, 0.6) is 0 Å². The van der Waals surface area contributed by atoms with E-state index < -0.39 is 11.8 Å². The number of benzene rings is 1. The standard InChI is InChI=1S/C21H20BrN3O3S/c1-13-11-14(22)5-7-17(13)25-20(27)16(19(26)23-21(25)29)12-15-6-8-18(28-15)24-9-3-2-4-10-24/h5-8,11-12H,2-4,9-10H2,1H3,(H,23,26,29). The van der Waals surface area contributed by atoms with Crippen LogP contribution in [0.15, 0.2) is 44.8 Å². The van der Waals surface area contributed by atoms with Crippen molar-refractivity contribution in [3.05, 3.63) is 51.7 Å². The summed E-state index contributed by atoms with van der Waals surface area (Å²) in [6.07, 6.45) is 4.98. The fraction of sp³-hybridized carbons (Fsp3) is 0.286. The van der Waals surface area contributed by atoms with Gasteiger partial charge in [-0.05, 0) is 74.3 Å². The van der Waals surface area contributed by atoms with E-state index in [2.05, 4.69) is 26.1 Å². The smallest absolute Gasteiger partial charge is 0.270 e. The Hall–Kier alpha value is -2.45. The zero-order valence-electron chi connectivity index (χ0n) is 15.9. The van der Waals surface area contributed by atoms with Crippen LogP contribution in [0.25, 0.3) is 6.08 Å².